The van der Waals surface area contributed by atoms with Crippen molar-refractivity contribution < 1.29 is 17.9 Å². The Morgan fingerprint density at radius 3 is 2.40 bits per heavy atom. The first-order valence-corrected chi connectivity index (χ1v) is 8.98. The topological polar surface area (TPSA) is 106 Å². The van der Waals surface area contributed by atoms with Crippen LogP contribution in [0.1, 0.15) is 5.56 Å². The van der Waals surface area contributed by atoms with Crippen molar-refractivity contribution in [3.63, 3.8) is 0 Å². The Bertz CT molecular complexity index is 1020. The quantitative estimate of drug-likeness (QED) is 0.702. The number of benzene rings is 1. The molecule has 0 atom stereocenters. The third-order valence-electron chi connectivity index (χ3n) is 3.56. The number of ether oxygens (including phenoxy) is 2. The van der Waals surface area contributed by atoms with Gasteiger partial charge in [0.1, 0.15) is 4.90 Å². The van der Waals surface area contributed by atoms with Gasteiger partial charge in [-0.3, -0.25) is 0 Å². The minimum absolute atomic E-state index is 0.0567. The molecule has 0 amide bonds. The third kappa shape index (κ3) is 3.20. The molecule has 132 valence electrons. The van der Waals surface area contributed by atoms with Crippen LogP contribution >= 0.6 is 11.6 Å². The van der Waals surface area contributed by atoms with Crippen molar-refractivity contribution in [1.82, 2.24) is 15.0 Å². The third-order valence-corrected chi connectivity index (χ3v) is 5.17. The van der Waals surface area contributed by atoms with Crippen LogP contribution in [0, 0.1) is 6.92 Å². The molecule has 0 fully saturated rings. The molecular formula is C15H15ClN4O4S. The van der Waals surface area contributed by atoms with E-state index in [1.165, 1.54) is 20.4 Å². The highest BCUT2D eigenvalue weighted by atomic mass is 35.5. The normalized spacial score (nSPS) is 11.5. The van der Waals surface area contributed by atoms with E-state index in [0.29, 0.717) is 21.5 Å². The second-order valence-corrected chi connectivity index (χ2v) is 7.23. The first kappa shape index (κ1) is 17.3. The van der Waals surface area contributed by atoms with Crippen LogP contribution in [0.4, 0.5) is 5.95 Å². The van der Waals surface area contributed by atoms with E-state index in [2.05, 4.69) is 19.7 Å². The number of aromatic amines is 1. The Hall–Kier alpha value is -2.52. The minimum atomic E-state index is -3.93. The Balaban J connectivity index is 2.04. The predicted molar refractivity (Wildman–Crippen MR) is 94.0 cm³/mol. The lowest BCUT2D eigenvalue weighted by molar-refractivity contribution is 0.367. The molecular weight excluding hydrogens is 368 g/mol. The number of methoxy groups -OCH3 is 2. The summed E-state index contributed by atoms with van der Waals surface area (Å²) in [7, 11) is -1.08. The summed E-state index contributed by atoms with van der Waals surface area (Å²) in [5.74, 6) is 0.285. The molecule has 25 heavy (non-hydrogen) atoms. The van der Waals surface area contributed by atoms with Gasteiger partial charge in [-0.05, 0) is 25.1 Å². The Labute approximate surface area is 149 Å². The second-order valence-electron chi connectivity index (χ2n) is 5.14. The van der Waals surface area contributed by atoms with E-state index in [1.54, 1.807) is 25.1 Å². The summed E-state index contributed by atoms with van der Waals surface area (Å²) in [4.78, 5) is 11.0. The van der Waals surface area contributed by atoms with Crippen molar-refractivity contribution in [3.05, 3.63) is 35.0 Å². The van der Waals surface area contributed by atoms with E-state index in [9.17, 15) is 8.42 Å². The maximum Gasteiger partial charge on any atom is 0.266 e. The van der Waals surface area contributed by atoms with E-state index < -0.39 is 10.0 Å². The highest BCUT2D eigenvalue weighted by Gasteiger charge is 2.22. The van der Waals surface area contributed by atoms with Crippen LogP contribution in [0.5, 0.6) is 11.8 Å². The van der Waals surface area contributed by atoms with Crippen molar-refractivity contribution in [2.75, 3.05) is 18.9 Å². The Morgan fingerprint density at radius 1 is 1.16 bits per heavy atom. The van der Waals surface area contributed by atoms with Crippen LogP contribution in [0.3, 0.4) is 0 Å². The first-order valence-electron chi connectivity index (χ1n) is 7.12. The van der Waals surface area contributed by atoms with Crippen molar-refractivity contribution in [3.8, 4) is 11.8 Å². The van der Waals surface area contributed by atoms with E-state index in [0.717, 1.165) is 0 Å². The zero-order valence-electron chi connectivity index (χ0n) is 13.6. The number of H-pyrrole nitrogens is 1. The van der Waals surface area contributed by atoms with E-state index in [4.69, 9.17) is 21.1 Å². The van der Waals surface area contributed by atoms with Gasteiger partial charge in [0.05, 0.1) is 19.8 Å². The number of sulfonamides is 1. The molecule has 0 radical (unpaired) electrons. The Morgan fingerprint density at radius 2 is 1.80 bits per heavy atom. The summed E-state index contributed by atoms with van der Waals surface area (Å²) in [6.07, 6.45) is 1.38. The van der Waals surface area contributed by atoms with Crippen molar-refractivity contribution in [2.24, 2.45) is 0 Å². The molecule has 0 spiro atoms. The second kappa shape index (κ2) is 6.41. The van der Waals surface area contributed by atoms with Crippen LogP contribution in [-0.4, -0.2) is 37.6 Å². The lowest BCUT2D eigenvalue weighted by Crippen LogP contribution is -2.15. The largest absolute Gasteiger partial charge is 0.481 e. The predicted octanol–water partition coefficient (Wildman–Crippen LogP) is 2.74. The number of hydrogen-bond acceptors (Lipinski definition) is 6. The van der Waals surface area contributed by atoms with E-state index in [-0.39, 0.29) is 22.6 Å². The average molecular weight is 383 g/mol. The number of nitrogens with one attached hydrogen (secondary N) is 2. The number of aromatic nitrogens is 3. The van der Waals surface area contributed by atoms with Crippen molar-refractivity contribution in [2.45, 2.75) is 11.8 Å². The molecule has 10 heteroatoms. The van der Waals surface area contributed by atoms with E-state index >= 15 is 0 Å². The molecule has 8 nitrogen and oxygen atoms in total. The number of nitrogens with zero attached hydrogens (tertiary/aromatic N) is 2. The van der Waals surface area contributed by atoms with Gasteiger partial charge in [-0.1, -0.05) is 11.6 Å². The zero-order valence-corrected chi connectivity index (χ0v) is 15.2. The fraction of sp³-hybridized carbons (Fsp3) is 0.200. The molecule has 0 bridgehead atoms. The van der Waals surface area contributed by atoms with Gasteiger partial charge in [-0.15, -0.1) is 0 Å². The van der Waals surface area contributed by atoms with Gasteiger partial charge in [-0.2, -0.15) is 9.97 Å². The molecule has 0 saturated carbocycles. The van der Waals surface area contributed by atoms with Gasteiger partial charge in [0.25, 0.3) is 10.0 Å². The molecule has 0 unspecified atom stereocenters. The molecule has 2 heterocycles. The maximum atomic E-state index is 12.7. The minimum Gasteiger partial charge on any atom is -0.481 e. The van der Waals surface area contributed by atoms with Gasteiger partial charge in [0, 0.05) is 22.1 Å². The first-order chi connectivity index (χ1) is 11.9. The van der Waals surface area contributed by atoms with Gasteiger partial charge in [0.2, 0.25) is 17.7 Å². The summed E-state index contributed by atoms with van der Waals surface area (Å²) in [5, 5.41) is 1.01. The average Bonchev–Trinajstić information content (AvgIpc) is 2.99. The summed E-state index contributed by atoms with van der Waals surface area (Å²) >= 11 is 5.92. The number of fused-ring (bicyclic) bond motifs is 1. The fourth-order valence-corrected chi connectivity index (χ4v) is 3.68. The molecule has 2 aromatic heterocycles. The highest BCUT2D eigenvalue weighted by Crippen LogP contribution is 2.29. The number of anilines is 1. The lowest BCUT2D eigenvalue weighted by Gasteiger charge is -2.11. The van der Waals surface area contributed by atoms with Gasteiger partial charge in [-0.25, -0.2) is 13.1 Å². The van der Waals surface area contributed by atoms with Crippen LogP contribution in [-0.2, 0) is 10.0 Å². The molecule has 0 aliphatic rings. The molecule has 3 aromatic rings. The maximum absolute atomic E-state index is 12.7. The van der Waals surface area contributed by atoms with Gasteiger partial charge < -0.3 is 14.5 Å². The van der Waals surface area contributed by atoms with Crippen LogP contribution in [0.25, 0.3) is 10.9 Å². The standard InChI is InChI=1S/C15H15ClN4O4S/c1-8-13(23-2)18-15(19-14(8)24-3)20-25(21,22)12-7-17-11-6-9(16)4-5-10(11)12/h4-7,17H,1-3H3,(H,18,19,20). The molecule has 3 rings (SSSR count). The molecule has 1 aromatic carbocycles. The van der Waals surface area contributed by atoms with Crippen LogP contribution < -0.4 is 14.2 Å². The smallest absolute Gasteiger partial charge is 0.266 e. The molecule has 0 aliphatic carbocycles. The van der Waals surface area contributed by atoms with Crippen molar-refractivity contribution >= 4 is 38.5 Å². The Kier molecular flexibility index (Phi) is 4.44. The van der Waals surface area contributed by atoms with E-state index in [1.807, 2.05) is 0 Å². The monoisotopic (exact) mass is 382 g/mol. The van der Waals surface area contributed by atoms with Crippen LogP contribution in [0.2, 0.25) is 5.02 Å². The number of halogens is 1. The van der Waals surface area contributed by atoms with Gasteiger partial charge >= 0.3 is 0 Å². The summed E-state index contributed by atoms with van der Waals surface area (Å²) in [6, 6.07) is 4.88. The SMILES string of the molecule is COc1nc(NS(=O)(=O)c2c[nH]c3cc(Cl)ccc23)nc(OC)c1C. The molecule has 0 aliphatic heterocycles. The number of rotatable bonds is 5. The fourth-order valence-electron chi connectivity index (χ4n) is 2.39. The molecule has 2 N–H and O–H groups in total. The summed E-state index contributed by atoms with van der Waals surface area (Å²) in [5.41, 5.74) is 1.17. The molecule has 0 saturated heterocycles. The van der Waals surface area contributed by atoms with Crippen molar-refractivity contribution in [1.29, 1.82) is 0 Å². The summed E-state index contributed by atoms with van der Waals surface area (Å²) < 4.78 is 38.0. The lowest BCUT2D eigenvalue weighted by atomic mass is 10.2. The number of hydrogen-bond donors (Lipinski definition) is 2. The highest BCUT2D eigenvalue weighted by molar-refractivity contribution is 7.93. The summed E-state index contributed by atoms with van der Waals surface area (Å²) in [6.45, 7) is 1.71. The van der Waals surface area contributed by atoms with Crippen LogP contribution in [0.15, 0.2) is 29.3 Å². The van der Waals surface area contributed by atoms with Gasteiger partial charge in [0.15, 0.2) is 0 Å². The zero-order chi connectivity index (χ0) is 18.2.